The van der Waals surface area contributed by atoms with Crippen LogP contribution in [0, 0.1) is 0 Å². The predicted molar refractivity (Wildman–Crippen MR) is 259 cm³/mol. The number of hydrogen-bond donors (Lipinski definition) is 7. The molecule has 4 unspecified atom stereocenters. The van der Waals surface area contributed by atoms with Gasteiger partial charge in [0.15, 0.2) is 6.10 Å². The molecule has 0 spiro atoms. The maximum atomic E-state index is 12.8. The van der Waals surface area contributed by atoms with Crippen LogP contribution in [0.1, 0.15) is 136 Å². The molecule has 0 aromatic heterocycles. The summed E-state index contributed by atoms with van der Waals surface area (Å²) in [4.78, 5) is 35.8. The van der Waals surface area contributed by atoms with Crippen LogP contribution in [-0.2, 0) is 32.7 Å². The number of hydrogen-bond acceptors (Lipinski definition) is 13. The summed E-state index contributed by atoms with van der Waals surface area (Å²) in [6, 6.07) is 0. The summed E-state index contributed by atoms with van der Waals surface area (Å²) < 4.78 is 33.3. The van der Waals surface area contributed by atoms with Gasteiger partial charge in [-0.1, -0.05) is 149 Å². The number of ether oxygens (including phenoxy) is 2. The van der Waals surface area contributed by atoms with Gasteiger partial charge in [0, 0.05) is 12.8 Å². The molecule has 66 heavy (non-hydrogen) atoms. The third-order valence-corrected chi connectivity index (χ3v) is 11.2. The van der Waals surface area contributed by atoms with E-state index in [1.54, 1.807) is 12.2 Å². The van der Waals surface area contributed by atoms with Crippen molar-refractivity contribution in [1.82, 2.24) is 0 Å². The summed E-state index contributed by atoms with van der Waals surface area (Å²) in [6.07, 6.45) is 37.4. The Hall–Kier alpha value is -3.53. The normalized spacial score (nSPS) is 22.7. The van der Waals surface area contributed by atoms with Gasteiger partial charge in [0.05, 0.1) is 12.7 Å². The Bertz CT molecular complexity index is 1580. The predicted octanol–water partition coefficient (Wildman–Crippen LogP) is 8.58. The van der Waals surface area contributed by atoms with Crippen molar-refractivity contribution < 1.29 is 68.2 Å². The van der Waals surface area contributed by atoms with Crippen molar-refractivity contribution in [2.24, 2.45) is 0 Å². The molecule has 7 N–H and O–H groups in total. The molecule has 0 aromatic rings. The number of rotatable bonds is 37. The molecule has 0 heterocycles. The zero-order chi connectivity index (χ0) is 48.7. The van der Waals surface area contributed by atoms with Gasteiger partial charge in [0.1, 0.15) is 43.2 Å². The van der Waals surface area contributed by atoms with Crippen LogP contribution in [0.4, 0.5) is 0 Å². The van der Waals surface area contributed by atoms with E-state index in [1.165, 1.54) is 25.3 Å². The zero-order valence-corrected chi connectivity index (χ0v) is 40.2. The van der Waals surface area contributed by atoms with Crippen LogP contribution in [0.5, 0.6) is 0 Å². The van der Waals surface area contributed by atoms with E-state index in [0.717, 1.165) is 70.6 Å². The summed E-state index contributed by atoms with van der Waals surface area (Å²) >= 11 is 0. The van der Waals surface area contributed by atoms with Gasteiger partial charge in [-0.3, -0.25) is 18.6 Å². The number of unbranched alkanes of at least 4 members (excludes halogenated alkanes) is 7. The standard InChI is InChI=1S/C51H81O14P/c1-3-5-7-9-11-13-15-17-19-21-23-25-27-29-31-33-35-37-45(54)64-43(41-63-66(60,61)65-51-49(58)47(56)46(55)48(57)50(51)59)40-62-44(53)39-38-42(52)36-34-32-30-28-26-24-22-20-18-16-14-12-10-8-6-4-2/h6,8,11-14,17-20,23-26,30,32,34,36,42-43,46-52,55-59H,3-5,7,9-10,15-16,21-22,27-29,31,33,35,37-41H2,1-2H3,(H,60,61)/b8-6-,13-11-,14-12-,19-17-,20-18-,25-23-,26-24-,32-30-,36-34-/t42?,43-,46?,47-,48+,49-,50-,51?/m1/s1. The van der Waals surface area contributed by atoms with E-state index in [0.29, 0.717) is 12.8 Å². The molecule has 0 radical (unpaired) electrons. The quantitative estimate of drug-likeness (QED) is 0.0102. The molecular formula is C51H81O14P. The highest BCUT2D eigenvalue weighted by Gasteiger charge is 2.51. The number of carbonyl (C=O) groups is 2. The monoisotopic (exact) mass is 949 g/mol. The maximum Gasteiger partial charge on any atom is 0.472 e. The molecule has 1 aliphatic rings. The van der Waals surface area contributed by atoms with Crippen molar-refractivity contribution >= 4 is 19.8 Å². The van der Waals surface area contributed by atoms with E-state index in [9.17, 15) is 49.7 Å². The Balaban J connectivity index is 2.58. The molecule has 374 valence electrons. The number of phosphoric ester groups is 1. The molecule has 1 rings (SSSR count). The molecule has 0 saturated heterocycles. The maximum absolute atomic E-state index is 12.8. The Morgan fingerprint density at radius 3 is 1.59 bits per heavy atom. The van der Waals surface area contributed by atoms with Crippen molar-refractivity contribution in [2.75, 3.05) is 13.2 Å². The first-order valence-corrected chi connectivity index (χ1v) is 25.3. The van der Waals surface area contributed by atoms with Gasteiger partial charge in [-0.25, -0.2) is 4.57 Å². The first-order chi connectivity index (χ1) is 31.8. The lowest BCUT2D eigenvalue weighted by molar-refractivity contribution is -0.220. The van der Waals surface area contributed by atoms with Crippen LogP contribution in [0.3, 0.4) is 0 Å². The molecule has 14 nitrogen and oxygen atoms in total. The molecule has 1 saturated carbocycles. The van der Waals surface area contributed by atoms with Crippen LogP contribution >= 0.6 is 7.82 Å². The number of aliphatic hydroxyl groups excluding tert-OH is 6. The van der Waals surface area contributed by atoms with Gasteiger partial charge in [0.25, 0.3) is 0 Å². The fourth-order valence-corrected chi connectivity index (χ4v) is 7.32. The lowest BCUT2D eigenvalue weighted by atomic mass is 9.85. The van der Waals surface area contributed by atoms with Crippen molar-refractivity contribution in [3.8, 4) is 0 Å². The molecule has 0 bridgehead atoms. The second-order valence-corrected chi connectivity index (χ2v) is 17.5. The molecule has 0 amide bonds. The molecule has 9 atom stereocenters. The van der Waals surface area contributed by atoms with Crippen molar-refractivity contribution in [3.63, 3.8) is 0 Å². The average Bonchev–Trinajstić information content (AvgIpc) is 3.30. The Morgan fingerprint density at radius 1 is 0.561 bits per heavy atom. The topological polar surface area (TPSA) is 230 Å². The third kappa shape index (κ3) is 31.4. The van der Waals surface area contributed by atoms with E-state index >= 15 is 0 Å². The van der Waals surface area contributed by atoms with Crippen LogP contribution in [-0.4, -0.2) is 110 Å². The number of aliphatic hydroxyl groups is 6. The minimum atomic E-state index is -5.19. The molecule has 1 aliphatic carbocycles. The summed E-state index contributed by atoms with van der Waals surface area (Å²) in [5.41, 5.74) is 0. The van der Waals surface area contributed by atoms with Crippen LogP contribution in [0.25, 0.3) is 0 Å². The summed E-state index contributed by atoms with van der Waals surface area (Å²) in [5, 5.41) is 60.5. The number of carbonyl (C=O) groups excluding carboxylic acids is 2. The second-order valence-electron chi connectivity index (χ2n) is 16.1. The van der Waals surface area contributed by atoms with Gasteiger partial charge >= 0.3 is 19.8 Å². The third-order valence-electron chi connectivity index (χ3n) is 10.2. The van der Waals surface area contributed by atoms with E-state index in [1.807, 2.05) is 12.2 Å². The molecular weight excluding hydrogens is 868 g/mol. The SMILES string of the molecule is CC/C=C\C/C=C\C/C=C\C/C=C\C/C=C\C=C/C(O)CCC(=O)OC[C@H](COP(=O)(O)OC1[C@H](O)[C@H](O)C(O)[C@H](O)[C@H]1O)OC(=O)CCCCCC/C=C\C/C=C\C/C=C\CCCCC. The lowest BCUT2D eigenvalue weighted by Crippen LogP contribution is -2.64. The smallest absolute Gasteiger partial charge is 0.462 e. The van der Waals surface area contributed by atoms with E-state index < -0.39 is 81.8 Å². The molecule has 0 aliphatic heterocycles. The highest BCUT2D eigenvalue weighted by Crippen LogP contribution is 2.47. The zero-order valence-electron chi connectivity index (χ0n) is 39.3. The minimum absolute atomic E-state index is 0.0143. The van der Waals surface area contributed by atoms with E-state index in [-0.39, 0.29) is 19.3 Å². The fourth-order valence-electron chi connectivity index (χ4n) is 6.34. The van der Waals surface area contributed by atoms with Crippen LogP contribution < -0.4 is 0 Å². The van der Waals surface area contributed by atoms with Crippen molar-refractivity contribution in [2.45, 2.75) is 185 Å². The minimum Gasteiger partial charge on any atom is -0.462 e. The van der Waals surface area contributed by atoms with Crippen molar-refractivity contribution in [3.05, 3.63) is 109 Å². The summed E-state index contributed by atoms with van der Waals surface area (Å²) in [6.45, 7) is 2.91. The first kappa shape index (κ1) is 60.5. The Morgan fingerprint density at radius 2 is 1.05 bits per heavy atom. The summed E-state index contributed by atoms with van der Waals surface area (Å²) in [5.74, 6) is -1.42. The van der Waals surface area contributed by atoms with Gasteiger partial charge < -0.3 is 45.0 Å². The van der Waals surface area contributed by atoms with Crippen molar-refractivity contribution in [1.29, 1.82) is 0 Å². The highest BCUT2D eigenvalue weighted by molar-refractivity contribution is 7.47. The van der Waals surface area contributed by atoms with Crippen LogP contribution in [0.15, 0.2) is 109 Å². The van der Waals surface area contributed by atoms with Gasteiger partial charge in [-0.2, -0.15) is 0 Å². The fraction of sp³-hybridized carbons (Fsp3) is 0.608. The highest BCUT2D eigenvalue weighted by atomic mass is 31.2. The first-order valence-electron chi connectivity index (χ1n) is 23.8. The van der Waals surface area contributed by atoms with E-state index in [2.05, 4.69) is 92.8 Å². The number of esters is 2. The molecule has 1 fully saturated rings. The Labute approximate surface area is 394 Å². The molecule has 15 heteroatoms. The summed E-state index contributed by atoms with van der Waals surface area (Å²) in [7, 11) is -5.19. The number of phosphoric acid groups is 1. The van der Waals surface area contributed by atoms with Gasteiger partial charge in [0.2, 0.25) is 0 Å². The lowest BCUT2D eigenvalue weighted by Gasteiger charge is -2.41. The second kappa shape index (κ2) is 39.5. The Kier molecular flexibility index (Phi) is 36.2. The number of allylic oxidation sites excluding steroid dienone is 17. The largest absolute Gasteiger partial charge is 0.472 e. The van der Waals surface area contributed by atoms with Gasteiger partial charge in [-0.05, 0) is 83.5 Å². The molecule has 0 aromatic carbocycles. The average molecular weight is 949 g/mol. The van der Waals surface area contributed by atoms with Gasteiger partial charge in [-0.15, -0.1) is 0 Å². The van der Waals surface area contributed by atoms with Crippen LogP contribution in [0.2, 0.25) is 0 Å². The van der Waals surface area contributed by atoms with E-state index in [4.69, 9.17) is 18.5 Å².